The molecule has 1 aromatic heterocycles. The minimum atomic E-state index is 0.333. The Labute approximate surface area is 136 Å². The van der Waals surface area contributed by atoms with Crippen molar-refractivity contribution in [3.63, 3.8) is 0 Å². The molecule has 126 valence electrons. The molecule has 0 spiro atoms. The van der Waals surface area contributed by atoms with Crippen molar-refractivity contribution in [3.05, 3.63) is 12.2 Å². The molecule has 1 atom stereocenters. The number of hydrogen-bond donors (Lipinski definition) is 0. The maximum atomic E-state index is 4.30. The lowest BCUT2D eigenvalue weighted by atomic mass is 9.86. The van der Waals surface area contributed by atoms with Gasteiger partial charge in [0.15, 0.2) is 0 Å². The van der Waals surface area contributed by atoms with Crippen LogP contribution in [0.2, 0.25) is 0 Å². The normalized spacial score (nSPS) is 18.1. The van der Waals surface area contributed by atoms with Crippen molar-refractivity contribution in [2.75, 3.05) is 6.54 Å². The number of rotatable bonds is 10. The Balaban J connectivity index is 1.96. The van der Waals surface area contributed by atoms with Crippen molar-refractivity contribution < 1.29 is 0 Å². The van der Waals surface area contributed by atoms with E-state index in [1.165, 1.54) is 57.8 Å². The van der Waals surface area contributed by atoms with Crippen molar-refractivity contribution in [2.45, 2.75) is 97.2 Å². The summed E-state index contributed by atoms with van der Waals surface area (Å²) in [5, 5.41) is 8.37. The van der Waals surface area contributed by atoms with Crippen LogP contribution in [0.25, 0.3) is 0 Å². The average molecular weight is 306 g/mol. The summed E-state index contributed by atoms with van der Waals surface area (Å²) in [5.74, 6) is 1.14. The van der Waals surface area contributed by atoms with Crippen LogP contribution < -0.4 is 0 Å². The molecule has 0 radical (unpaired) electrons. The van der Waals surface area contributed by atoms with Crippen molar-refractivity contribution in [3.8, 4) is 0 Å². The molecular formula is C18H34N4. The monoisotopic (exact) mass is 306 g/mol. The van der Waals surface area contributed by atoms with Gasteiger partial charge < -0.3 is 4.57 Å². The van der Waals surface area contributed by atoms with Crippen LogP contribution in [-0.4, -0.2) is 31.7 Å². The number of nitrogens with zero attached hydrogens (tertiary/aromatic N) is 4. The lowest BCUT2D eigenvalue weighted by Crippen LogP contribution is -2.49. The van der Waals surface area contributed by atoms with Gasteiger partial charge in [0, 0.05) is 18.6 Å². The summed E-state index contributed by atoms with van der Waals surface area (Å²) in [6, 6.07) is 0. The first kappa shape index (κ1) is 17.5. The van der Waals surface area contributed by atoms with E-state index in [0.29, 0.717) is 5.54 Å². The highest BCUT2D eigenvalue weighted by Gasteiger charge is 2.33. The molecule has 0 aliphatic carbocycles. The summed E-state index contributed by atoms with van der Waals surface area (Å²) in [7, 11) is 0. The summed E-state index contributed by atoms with van der Waals surface area (Å²) in [6.45, 7) is 10.2. The van der Waals surface area contributed by atoms with Gasteiger partial charge in [-0.05, 0) is 19.8 Å². The van der Waals surface area contributed by atoms with E-state index < -0.39 is 0 Å². The first-order valence-corrected chi connectivity index (χ1v) is 9.31. The third kappa shape index (κ3) is 4.55. The molecule has 1 unspecified atom stereocenters. The van der Waals surface area contributed by atoms with Gasteiger partial charge in [-0.3, -0.25) is 4.90 Å². The molecule has 2 rings (SSSR count). The molecule has 0 saturated heterocycles. The average Bonchev–Trinajstić information content (AvgIpc) is 2.99. The van der Waals surface area contributed by atoms with Gasteiger partial charge in [0.25, 0.3) is 0 Å². The molecule has 22 heavy (non-hydrogen) atoms. The number of unbranched alkanes of at least 4 members (excludes halogenated alkanes) is 5. The molecule has 1 aromatic rings. The summed E-state index contributed by atoms with van der Waals surface area (Å²) >= 11 is 0. The largest absolute Gasteiger partial charge is 0.315 e. The molecule has 0 fully saturated rings. The van der Waals surface area contributed by atoms with Gasteiger partial charge in [-0.15, -0.1) is 10.2 Å². The second kappa shape index (κ2) is 8.66. The van der Waals surface area contributed by atoms with Gasteiger partial charge in [0.05, 0.1) is 6.54 Å². The van der Waals surface area contributed by atoms with E-state index in [2.05, 4.69) is 40.4 Å². The lowest BCUT2D eigenvalue weighted by molar-refractivity contribution is 0.0518. The van der Waals surface area contributed by atoms with E-state index >= 15 is 0 Å². The van der Waals surface area contributed by atoms with Gasteiger partial charge in [-0.1, -0.05) is 58.8 Å². The van der Waals surface area contributed by atoms with Crippen molar-refractivity contribution in [1.82, 2.24) is 19.7 Å². The quantitative estimate of drug-likeness (QED) is 0.601. The van der Waals surface area contributed by atoms with E-state index in [0.717, 1.165) is 25.5 Å². The van der Waals surface area contributed by atoms with Crippen LogP contribution in [0, 0.1) is 0 Å². The SMILES string of the molecule is CCCCCCC(C)(CCCCC)N1CCn2cnnc2C1. The number of fused-ring (bicyclic) bond motifs is 1. The second-order valence-corrected chi connectivity index (χ2v) is 7.13. The van der Waals surface area contributed by atoms with E-state index in [4.69, 9.17) is 0 Å². The van der Waals surface area contributed by atoms with E-state index in [1.54, 1.807) is 0 Å². The summed E-state index contributed by atoms with van der Waals surface area (Å²) < 4.78 is 2.21. The van der Waals surface area contributed by atoms with Gasteiger partial charge in [0.2, 0.25) is 0 Å². The van der Waals surface area contributed by atoms with Crippen LogP contribution in [0.3, 0.4) is 0 Å². The topological polar surface area (TPSA) is 34.0 Å². The van der Waals surface area contributed by atoms with Crippen LogP contribution in [0.4, 0.5) is 0 Å². The molecule has 0 saturated carbocycles. The molecule has 0 amide bonds. The van der Waals surface area contributed by atoms with Gasteiger partial charge in [-0.25, -0.2) is 0 Å². The Bertz CT molecular complexity index is 428. The maximum Gasteiger partial charge on any atom is 0.147 e. The molecule has 2 heterocycles. The first-order valence-electron chi connectivity index (χ1n) is 9.31. The number of hydrogen-bond acceptors (Lipinski definition) is 3. The molecule has 0 bridgehead atoms. The Hall–Kier alpha value is -0.900. The van der Waals surface area contributed by atoms with E-state index in [-0.39, 0.29) is 0 Å². The standard InChI is InChI=1S/C18H34N4/c1-4-6-8-10-12-18(3,11-9-7-5-2)22-14-13-21-16-19-20-17(21)15-22/h16H,4-15H2,1-3H3. The van der Waals surface area contributed by atoms with Crippen LogP contribution in [0.1, 0.15) is 84.4 Å². The molecular weight excluding hydrogens is 272 g/mol. The highest BCUT2D eigenvalue weighted by Crippen LogP contribution is 2.31. The fourth-order valence-corrected chi connectivity index (χ4v) is 3.66. The van der Waals surface area contributed by atoms with Crippen LogP contribution >= 0.6 is 0 Å². The van der Waals surface area contributed by atoms with Gasteiger partial charge in [0.1, 0.15) is 12.2 Å². The van der Waals surface area contributed by atoms with Crippen LogP contribution in [-0.2, 0) is 13.1 Å². The van der Waals surface area contributed by atoms with E-state index in [1.807, 2.05) is 6.33 Å². The van der Waals surface area contributed by atoms with Gasteiger partial charge in [-0.2, -0.15) is 0 Å². The van der Waals surface area contributed by atoms with Crippen molar-refractivity contribution in [2.24, 2.45) is 0 Å². The zero-order valence-corrected chi connectivity index (χ0v) is 14.9. The summed E-state index contributed by atoms with van der Waals surface area (Å²) in [4.78, 5) is 2.68. The maximum absolute atomic E-state index is 4.30. The fraction of sp³-hybridized carbons (Fsp3) is 0.889. The Morgan fingerprint density at radius 1 is 1.00 bits per heavy atom. The minimum Gasteiger partial charge on any atom is -0.315 e. The van der Waals surface area contributed by atoms with Crippen molar-refractivity contribution in [1.29, 1.82) is 0 Å². The molecule has 4 nitrogen and oxygen atoms in total. The smallest absolute Gasteiger partial charge is 0.147 e. The van der Waals surface area contributed by atoms with Gasteiger partial charge >= 0.3 is 0 Å². The number of aromatic nitrogens is 3. The second-order valence-electron chi connectivity index (χ2n) is 7.13. The van der Waals surface area contributed by atoms with Crippen LogP contribution in [0.5, 0.6) is 0 Å². The molecule has 4 heteroatoms. The Kier molecular flexibility index (Phi) is 6.87. The van der Waals surface area contributed by atoms with Crippen molar-refractivity contribution >= 4 is 0 Å². The fourth-order valence-electron chi connectivity index (χ4n) is 3.66. The molecule has 0 aromatic carbocycles. The Morgan fingerprint density at radius 3 is 2.41 bits per heavy atom. The predicted octanol–water partition coefficient (Wildman–Crippen LogP) is 4.40. The third-order valence-corrected chi connectivity index (χ3v) is 5.29. The Morgan fingerprint density at radius 2 is 1.68 bits per heavy atom. The third-order valence-electron chi connectivity index (χ3n) is 5.29. The molecule has 1 aliphatic heterocycles. The molecule has 1 aliphatic rings. The zero-order chi connectivity index (χ0) is 15.8. The first-order chi connectivity index (χ1) is 10.7. The van der Waals surface area contributed by atoms with Crippen LogP contribution in [0.15, 0.2) is 6.33 Å². The highest BCUT2D eigenvalue weighted by molar-refractivity contribution is 4.96. The zero-order valence-electron chi connectivity index (χ0n) is 14.9. The summed E-state index contributed by atoms with van der Waals surface area (Å²) in [5.41, 5.74) is 0.333. The minimum absolute atomic E-state index is 0.333. The van der Waals surface area contributed by atoms with E-state index in [9.17, 15) is 0 Å². The lowest BCUT2D eigenvalue weighted by Gasteiger charge is -2.43. The predicted molar refractivity (Wildman–Crippen MR) is 91.7 cm³/mol. The summed E-state index contributed by atoms with van der Waals surface area (Å²) in [6.07, 6.45) is 14.0. The highest BCUT2D eigenvalue weighted by atomic mass is 15.3. The molecule has 0 N–H and O–H groups in total.